The molecule has 122 valence electrons. The van der Waals surface area contributed by atoms with Gasteiger partial charge in [0, 0.05) is 30.4 Å². The third kappa shape index (κ3) is 4.20. The number of carbonyl (C=O) groups is 1. The lowest BCUT2D eigenvalue weighted by Crippen LogP contribution is -2.53. The Morgan fingerprint density at radius 3 is 2.64 bits per heavy atom. The molecule has 2 aliphatic carbocycles. The number of aryl methyl sites for hydroxylation is 1. The Morgan fingerprint density at radius 2 is 2.00 bits per heavy atom. The second kappa shape index (κ2) is 7.93. The van der Waals surface area contributed by atoms with Gasteiger partial charge < -0.3 is 11.1 Å². The summed E-state index contributed by atoms with van der Waals surface area (Å²) >= 11 is 0. The van der Waals surface area contributed by atoms with Gasteiger partial charge >= 0.3 is 0 Å². The highest BCUT2D eigenvalue weighted by atomic mass is 35.5. The van der Waals surface area contributed by atoms with Gasteiger partial charge in [0.2, 0.25) is 5.91 Å². The number of nitrogens with zero attached hydrogens (tertiary/aromatic N) is 1. The van der Waals surface area contributed by atoms with Gasteiger partial charge in [0.25, 0.3) is 0 Å². The van der Waals surface area contributed by atoms with Crippen molar-refractivity contribution in [2.75, 3.05) is 0 Å². The molecule has 2 saturated carbocycles. The molecule has 2 fully saturated rings. The number of amides is 1. The second-order valence-corrected chi connectivity index (χ2v) is 6.60. The molecule has 0 spiro atoms. The Balaban J connectivity index is 0.00000176. The van der Waals surface area contributed by atoms with E-state index in [0.29, 0.717) is 36.8 Å². The van der Waals surface area contributed by atoms with Crippen LogP contribution in [0.1, 0.15) is 44.2 Å². The summed E-state index contributed by atoms with van der Waals surface area (Å²) in [5.74, 6) is 1.34. The van der Waals surface area contributed by atoms with Crippen molar-refractivity contribution in [3.63, 3.8) is 0 Å². The minimum atomic E-state index is 0. The van der Waals surface area contributed by atoms with Crippen molar-refractivity contribution >= 4 is 18.3 Å². The van der Waals surface area contributed by atoms with E-state index in [1.807, 2.05) is 18.2 Å². The van der Waals surface area contributed by atoms with Gasteiger partial charge in [0.15, 0.2) is 0 Å². The molecule has 3 rings (SSSR count). The number of rotatable bonds is 4. The molecule has 3 N–H and O–H groups in total. The standard InChI is InChI=1S/C17H25N3O.ClH/c18-14-10-12-4-3-5-13(11-14)17(12)20-16(21)8-7-15-6-1-2-9-19-15;/h1-2,6,9,12-14,17H,3-5,7-8,10-11,18H2,(H,20,21);1H. The van der Waals surface area contributed by atoms with E-state index in [4.69, 9.17) is 5.73 Å². The average Bonchev–Trinajstić information content (AvgIpc) is 2.47. The van der Waals surface area contributed by atoms with Crippen LogP contribution in [0.3, 0.4) is 0 Å². The van der Waals surface area contributed by atoms with Crippen LogP contribution in [0.5, 0.6) is 0 Å². The van der Waals surface area contributed by atoms with E-state index in [9.17, 15) is 4.79 Å². The Bertz CT molecular complexity index is 468. The first-order chi connectivity index (χ1) is 10.2. The van der Waals surface area contributed by atoms with Gasteiger partial charge in [0.05, 0.1) is 0 Å². The topological polar surface area (TPSA) is 68.0 Å². The van der Waals surface area contributed by atoms with Crippen LogP contribution >= 0.6 is 12.4 Å². The van der Waals surface area contributed by atoms with E-state index in [1.54, 1.807) is 6.20 Å². The fraction of sp³-hybridized carbons (Fsp3) is 0.647. The lowest BCUT2D eigenvalue weighted by Gasteiger charge is -2.45. The number of aromatic nitrogens is 1. The number of carbonyl (C=O) groups excluding carboxylic acids is 1. The van der Waals surface area contributed by atoms with Crippen LogP contribution in [0.4, 0.5) is 0 Å². The van der Waals surface area contributed by atoms with Crippen molar-refractivity contribution in [3.05, 3.63) is 30.1 Å². The predicted octanol–water partition coefficient (Wildman–Crippen LogP) is 2.46. The molecule has 1 amide bonds. The van der Waals surface area contributed by atoms with Gasteiger partial charge in [-0.15, -0.1) is 12.4 Å². The molecule has 1 heterocycles. The summed E-state index contributed by atoms with van der Waals surface area (Å²) in [6, 6.07) is 6.53. The maximum atomic E-state index is 12.2. The SMILES string of the molecule is Cl.NC1CC2CCCC(C1)C2NC(=O)CCc1ccccn1. The summed E-state index contributed by atoms with van der Waals surface area (Å²) in [7, 11) is 0. The minimum absolute atomic E-state index is 0. The first-order valence-electron chi connectivity index (χ1n) is 8.17. The molecular formula is C17H26ClN3O. The normalized spacial score (nSPS) is 30.2. The number of hydrogen-bond donors (Lipinski definition) is 2. The number of fused-ring (bicyclic) bond motifs is 2. The summed E-state index contributed by atoms with van der Waals surface area (Å²) in [4.78, 5) is 16.5. The Morgan fingerprint density at radius 1 is 1.27 bits per heavy atom. The Labute approximate surface area is 138 Å². The van der Waals surface area contributed by atoms with Crippen molar-refractivity contribution in [1.29, 1.82) is 0 Å². The molecule has 1 aromatic rings. The summed E-state index contributed by atoms with van der Waals surface area (Å²) < 4.78 is 0. The van der Waals surface area contributed by atoms with E-state index in [1.165, 1.54) is 19.3 Å². The van der Waals surface area contributed by atoms with E-state index in [-0.39, 0.29) is 18.3 Å². The molecule has 22 heavy (non-hydrogen) atoms. The molecule has 2 unspecified atom stereocenters. The van der Waals surface area contributed by atoms with Gasteiger partial charge in [-0.1, -0.05) is 12.5 Å². The fourth-order valence-corrected chi connectivity index (χ4v) is 4.07. The van der Waals surface area contributed by atoms with Crippen LogP contribution < -0.4 is 11.1 Å². The number of pyridine rings is 1. The zero-order valence-electron chi connectivity index (χ0n) is 12.9. The molecule has 2 bridgehead atoms. The molecule has 2 aliphatic rings. The molecule has 0 aliphatic heterocycles. The second-order valence-electron chi connectivity index (χ2n) is 6.60. The maximum Gasteiger partial charge on any atom is 0.220 e. The lowest BCUT2D eigenvalue weighted by atomic mass is 9.67. The lowest BCUT2D eigenvalue weighted by molar-refractivity contribution is -0.123. The number of nitrogens with one attached hydrogen (secondary N) is 1. The van der Waals surface area contributed by atoms with Crippen molar-refractivity contribution in [2.24, 2.45) is 17.6 Å². The monoisotopic (exact) mass is 323 g/mol. The van der Waals surface area contributed by atoms with Gasteiger partial charge in [0.1, 0.15) is 0 Å². The summed E-state index contributed by atoms with van der Waals surface area (Å²) in [6.07, 6.45) is 8.89. The molecular weight excluding hydrogens is 298 g/mol. The fourth-order valence-electron chi connectivity index (χ4n) is 4.07. The largest absolute Gasteiger partial charge is 0.353 e. The molecule has 4 nitrogen and oxygen atoms in total. The zero-order chi connectivity index (χ0) is 14.7. The van der Waals surface area contributed by atoms with Crippen LogP contribution in [0, 0.1) is 11.8 Å². The van der Waals surface area contributed by atoms with Crippen molar-refractivity contribution in [3.8, 4) is 0 Å². The van der Waals surface area contributed by atoms with Gasteiger partial charge in [-0.05, 0) is 56.1 Å². The molecule has 2 atom stereocenters. The van der Waals surface area contributed by atoms with Crippen LogP contribution in [-0.2, 0) is 11.2 Å². The van der Waals surface area contributed by atoms with Crippen LogP contribution in [0.2, 0.25) is 0 Å². The number of nitrogens with two attached hydrogens (primary N) is 1. The number of halogens is 1. The third-order valence-corrected chi connectivity index (χ3v) is 5.04. The van der Waals surface area contributed by atoms with Gasteiger partial charge in [-0.2, -0.15) is 0 Å². The Hall–Kier alpha value is -1.13. The average molecular weight is 324 g/mol. The zero-order valence-corrected chi connectivity index (χ0v) is 13.7. The highest BCUT2D eigenvalue weighted by Gasteiger charge is 2.39. The van der Waals surface area contributed by atoms with Crippen molar-refractivity contribution in [2.45, 2.75) is 57.0 Å². The summed E-state index contributed by atoms with van der Waals surface area (Å²) in [5, 5.41) is 3.29. The smallest absolute Gasteiger partial charge is 0.220 e. The molecule has 0 saturated heterocycles. The molecule has 1 aromatic heterocycles. The molecule has 0 aromatic carbocycles. The van der Waals surface area contributed by atoms with Crippen LogP contribution in [-0.4, -0.2) is 23.0 Å². The highest BCUT2D eigenvalue weighted by molar-refractivity contribution is 5.85. The predicted molar refractivity (Wildman–Crippen MR) is 89.8 cm³/mol. The third-order valence-electron chi connectivity index (χ3n) is 5.04. The Kier molecular flexibility index (Phi) is 6.21. The van der Waals surface area contributed by atoms with E-state index in [0.717, 1.165) is 18.5 Å². The molecule has 5 heteroatoms. The summed E-state index contributed by atoms with van der Waals surface area (Å²) in [6.45, 7) is 0. The van der Waals surface area contributed by atoms with E-state index in [2.05, 4.69) is 10.3 Å². The van der Waals surface area contributed by atoms with Crippen molar-refractivity contribution in [1.82, 2.24) is 10.3 Å². The highest BCUT2D eigenvalue weighted by Crippen LogP contribution is 2.39. The van der Waals surface area contributed by atoms with E-state index < -0.39 is 0 Å². The van der Waals surface area contributed by atoms with Crippen molar-refractivity contribution < 1.29 is 4.79 Å². The first-order valence-corrected chi connectivity index (χ1v) is 8.17. The quantitative estimate of drug-likeness (QED) is 0.894. The van der Waals surface area contributed by atoms with Crippen LogP contribution in [0.25, 0.3) is 0 Å². The summed E-state index contributed by atoms with van der Waals surface area (Å²) in [5.41, 5.74) is 7.12. The maximum absolute atomic E-state index is 12.2. The van der Waals surface area contributed by atoms with Gasteiger partial charge in [-0.3, -0.25) is 9.78 Å². The molecule has 0 radical (unpaired) electrons. The van der Waals surface area contributed by atoms with Crippen LogP contribution in [0.15, 0.2) is 24.4 Å². The minimum Gasteiger partial charge on any atom is -0.353 e. The first kappa shape index (κ1) is 17.2. The number of hydrogen-bond acceptors (Lipinski definition) is 3. The van der Waals surface area contributed by atoms with E-state index >= 15 is 0 Å². The van der Waals surface area contributed by atoms with Gasteiger partial charge in [-0.25, -0.2) is 0 Å².